The predicted octanol–water partition coefficient (Wildman–Crippen LogP) is 5.46. The smallest absolute Gasteiger partial charge is 0.201 e. The molecule has 0 aromatic heterocycles. The molecule has 2 heterocycles. The molecule has 2 unspecified atom stereocenters. The van der Waals surface area contributed by atoms with Crippen LogP contribution in [0.25, 0.3) is 0 Å². The molecule has 0 bridgehead atoms. The highest BCUT2D eigenvalue weighted by atomic mass is 19.2. The third-order valence-electron chi connectivity index (χ3n) is 5.57. The van der Waals surface area contributed by atoms with Crippen molar-refractivity contribution >= 4 is 0 Å². The van der Waals surface area contributed by atoms with Crippen LogP contribution in [0, 0.1) is 23.3 Å². The van der Waals surface area contributed by atoms with Crippen LogP contribution in [0.1, 0.15) is 48.9 Å². The molecule has 2 aliphatic heterocycles. The van der Waals surface area contributed by atoms with Gasteiger partial charge in [0.25, 0.3) is 0 Å². The molecule has 0 spiro atoms. The summed E-state index contributed by atoms with van der Waals surface area (Å²) in [4.78, 5) is 0. The summed E-state index contributed by atoms with van der Waals surface area (Å²) < 4.78 is 68.6. The Labute approximate surface area is 161 Å². The van der Waals surface area contributed by atoms with Crippen molar-refractivity contribution in [1.82, 2.24) is 0 Å². The highest BCUT2D eigenvalue weighted by Gasteiger charge is 2.27. The molecule has 2 aromatic carbocycles. The normalized spacial score (nSPS) is 20.8. The standard InChI is InChI=1S/C22H22F4O2/c1-11-3-5-15-9-13(17(23)19(25)21(15)27-11)7-8-14-10-16-6-4-12(2)28-22(16)20(26)18(14)24/h9-12H,3-8H2,1-2H3. The van der Waals surface area contributed by atoms with Gasteiger partial charge in [0, 0.05) is 0 Å². The zero-order valence-electron chi connectivity index (χ0n) is 15.9. The maximum absolute atomic E-state index is 14.5. The van der Waals surface area contributed by atoms with Crippen molar-refractivity contribution in [3.05, 3.63) is 57.7 Å². The van der Waals surface area contributed by atoms with E-state index in [9.17, 15) is 17.6 Å². The van der Waals surface area contributed by atoms with Crippen molar-refractivity contribution < 1.29 is 27.0 Å². The zero-order valence-corrected chi connectivity index (χ0v) is 15.9. The quantitative estimate of drug-likeness (QED) is 0.644. The third kappa shape index (κ3) is 3.33. The lowest BCUT2D eigenvalue weighted by molar-refractivity contribution is 0.180. The maximum atomic E-state index is 14.5. The highest BCUT2D eigenvalue weighted by molar-refractivity contribution is 5.44. The summed E-state index contributed by atoms with van der Waals surface area (Å²) in [5.74, 6) is -4.03. The van der Waals surface area contributed by atoms with Crippen molar-refractivity contribution in [2.75, 3.05) is 0 Å². The van der Waals surface area contributed by atoms with Crippen molar-refractivity contribution in [2.24, 2.45) is 0 Å². The lowest BCUT2D eigenvalue weighted by Crippen LogP contribution is -2.21. The summed E-state index contributed by atoms with van der Waals surface area (Å²) in [5.41, 5.74) is 1.53. The van der Waals surface area contributed by atoms with Crippen molar-refractivity contribution in [3.8, 4) is 11.5 Å². The van der Waals surface area contributed by atoms with Crippen LogP contribution >= 0.6 is 0 Å². The van der Waals surface area contributed by atoms with Crippen molar-refractivity contribution in [3.63, 3.8) is 0 Å². The van der Waals surface area contributed by atoms with E-state index < -0.39 is 23.3 Å². The molecule has 2 aliphatic rings. The summed E-state index contributed by atoms with van der Waals surface area (Å²) in [5, 5.41) is 0. The molecule has 0 saturated carbocycles. The van der Waals surface area contributed by atoms with Crippen LogP contribution in [-0.2, 0) is 25.7 Å². The third-order valence-corrected chi connectivity index (χ3v) is 5.57. The minimum atomic E-state index is -1.00. The Morgan fingerprint density at radius 2 is 1.11 bits per heavy atom. The van der Waals surface area contributed by atoms with Crippen LogP contribution < -0.4 is 9.47 Å². The molecular weight excluding hydrogens is 372 g/mol. The number of fused-ring (bicyclic) bond motifs is 2. The van der Waals surface area contributed by atoms with Gasteiger partial charge in [0.05, 0.1) is 12.2 Å². The minimum absolute atomic E-state index is 0.0303. The van der Waals surface area contributed by atoms with Gasteiger partial charge in [0.1, 0.15) is 0 Å². The van der Waals surface area contributed by atoms with E-state index in [0.717, 1.165) is 12.8 Å². The Morgan fingerprint density at radius 3 is 1.50 bits per heavy atom. The molecule has 2 aromatic rings. The summed E-state index contributed by atoms with van der Waals surface area (Å²) in [6, 6.07) is 3.16. The van der Waals surface area contributed by atoms with Gasteiger partial charge >= 0.3 is 0 Å². The highest BCUT2D eigenvalue weighted by Crippen LogP contribution is 2.36. The summed E-state index contributed by atoms with van der Waals surface area (Å²) in [6.07, 6.45) is 2.45. The van der Waals surface area contributed by atoms with Crippen LogP contribution in [0.5, 0.6) is 11.5 Å². The monoisotopic (exact) mass is 394 g/mol. The van der Waals surface area contributed by atoms with E-state index in [1.807, 2.05) is 13.8 Å². The van der Waals surface area contributed by atoms with Crippen LogP contribution in [-0.4, -0.2) is 12.2 Å². The molecule has 150 valence electrons. The van der Waals surface area contributed by atoms with E-state index >= 15 is 0 Å². The Kier molecular flexibility index (Phi) is 4.98. The molecule has 4 rings (SSSR count). The molecule has 0 amide bonds. The number of hydrogen-bond acceptors (Lipinski definition) is 2. The lowest BCUT2D eigenvalue weighted by Gasteiger charge is -2.25. The molecule has 2 nitrogen and oxygen atoms in total. The fourth-order valence-corrected chi connectivity index (χ4v) is 3.94. The van der Waals surface area contributed by atoms with Gasteiger partial charge in [0.2, 0.25) is 11.6 Å². The fraction of sp³-hybridized carbons (Fsp3) is 0.455. The van der Waals surface area contributed by atoms with E-state index in [4.69, 9.17) is 9.47 Å². The van der Waals surface area contributed by atoms with E-state index in [-0.39, 0.29) is 47.7 Å². The first-order valence-electron chi connectivity index (χ1n) is 9.68. The van der Waals surface area contributed by atoms with Gasteiger partial charge in [0.15, 0.2) is 23.1 Å². The van der Waals surface area contributed by atoms with Crippen molar-refractivity contribution in [1.29, 1.82) is 0 Å². The number of halogens is 4. The molecule has 0 aliphatic carbocycles. The summed E-state index contributed by atoms with van der Waals surface area (Å²) >= 11 is 0. The van der Waals surface area contributed by atoms with Gasteiger partial charge in [-0.1, -0.05) is 0 Å². The second kappa shape index (κ2) is 7.30. The first-order chi connectivity index (χ1) is 13.3. The Bertz CT molecular complexity index is 850. The zero-order chi connectivity index (χ0) is 20.0. The second-order valence-corrected chi connectivity index (χ2v) is 7.74. The van der Waals surface area contributed by atoms with Crippen LogP contribution in [0.3, 0.4) is 0 Å². The van der Waals surface area contributed by atoms with E-state index in [1.54, 1.807) is 12.1 Å². The number of benzene rings is 2. The summed E-state index contributed by atoms with van der Waals surface area (Å²) in [7, 11) is 0. The minimum Gasteiger partial charge on any atom is -0.487 e. The van der Waals surface area contributed by atoms with Gasteiger partial charge in [-0.3, -0.25) is 0 Å². The van der Waals surface area contributed by atoms with Crippen molar-refractivity contribution in [2.45, 2.75) is 64.6 Å². The first kappa shape index (κ1) is 19.1. The molecule has 0 saturated heterocycles. The van der Waals surface area contributed by atoms with E-state index in [2.05, 4.69) is 0 Å². The van der Waals surface area contributed by atoms with Gasteiger partial charge in [-0.05, 0) is 86.8 Å². The predicted molar refractivity (Wildman–Crippen MR) is 96.9 cm³/mol. The molecular formula is C22H22F4O2. The Morgan fingerprint density at radius 1 is 0.714 bits per heavy atom. The second-order valence-electron chi connectivity index (χ2n) is 7.74. The average molecular weight is 394 g/mol. The molecule has 28 heavy (non-hydrogen) atoms. The maximum Gasteiger partial charge on any atom is 0.201 e. The Hall–Kier alpha value is -2.24. The first-order valence-corrected chi connectivity index (χ1v) is 9.68. The molecule has 0 N–H and O–H groups in total. The van der Waals surface area contributed by atoms with Crippen LogP contribution in [0.2, 0.25) is 0 Å². The molecule has 2 atom stereocenters. The van der Waals surface area contributed by atoms with E-state index in [0.29, 0.717) is 24.0 Å². The SMILES string of the molecule is CC1CCc2cc(CCc3cc4c(c(F)c3F)OC(C)CC4)c(F)c(F)c2O1. The molecule has 0 fully saturated rings. The van der Waals surface area contributed by atoms with Gasteiger partial charge < -0.3 is 9.47 Å². The lowest BCUT2D eigenvalue weighted by atomic mass is 9.94. The average Bonchev–Trinajstić information content (AvgIpc) is 2.68. The van der Waals surface area contributed by atoms with E-state index in [1.165, 1.54) is 0 Å². The largest absolute Gasteiger partial charge is 0.487 e. The van der Waals surface area contributed by atoms with Gasteiger partial charge in [-0.2, -0.15) is 8.78 Å². The fourth-order valence-electron chi connectivity index (χ4n) is 3.94. The summed E-state index contributed by atoms with van der Waals surface area (Å²) in [6.45, 7) is 3.62. The van der Waals surface area contributed by atoms with Gasteiger partial charge in [-0.25, -0.2) is 8.78 Å². The Balaban J connectivity index is 1.60. The number of ether oxygens (including phenoxy) is 2. The van der Waals surface area contributed by atoms with Gasteiger partial charge in [-0.15, -0.1) is 0 Å². The number of hydrogen-bond donors (Lipinski definition) is 0. The van der Waals surface area contributed by atoms with Crippen LogP contribution in [0.4, 0.5) is 17.6 Å². The molecule has 6 heteroatoms. The topological polar surface area (TPSA) is 18.5 Å². The number of aryl methyl sites for hydroxylation is 4. The molecule has 0 radical (unpaired) electrons. The van der Waals surface area contributed by atoms with Crippen LogP contribution in [0.15, 0.2) is 12.1 Å². The number of rotatable bonds is 3.